The highest BCUT2D eigenvalue weighted by atomic mass is 16.5. The molecule has 2 aromatic rings. The number of hydrogen-bond donors (Lipinski definition) is 1. The van der Waals surface area contributed by atoms with Gasteiger partial charge < -0.3 is 10.1 Å². The van der Waals surface area contributed by atoms with Crippen molar-refractivity contribution in [2.45, 2.75) is 90.4 Å². The number of carbonyl (C=O) groups excluding carboxylic acids is 1. The Bertz CT molecular complexity index is 1170. The maximum Gasteiger partial charge on any atom is 0.230 e. The van der Waals surface area contributed by atoms with Gasteiger partial charge in [-0.2, -0.15) is 0 Å². The third kappa shape index (κ3) is 6.53. The predicted octanol–water partition coefficient (Wildman–Crippen LogP) is 6.78. The number of carbonyl (C=O) groups is 1. The van der Waals surface area contributed by atoms with E-state index in [-0.39, 0.29) is 11.3 Å². The Morgan fingerprint density at radius 1 is 1.16 bits per heavy atom. The van der Waals surface area contributed by atoms with E-state index < -0.39 is 0 Å². The van der Waals surface area contributed by atoms with Gasteiger partial charge in [-0.3, -0.25) is 9.79 Å². The average Bonchev–Trinajstić information content (AvgIpc) is 3.25. The van der Waals surface area contributed by atoms with E-state index in [1.807, 2.05) is 0 Å². The number of aromatic nitrogens is 2. The molecule has 2 heterocycles. The van der Waals surface area contributed by atoms with Gasteiger partial charge in [-0.25, -0.2) is 9.97 Å². The SMILES string of the molecule is C=C(/N=C(\CCCCOC)C1CCC(c2ncnc3c2CC(=O)N3)CC1)c1ccc(C)c(C(C)(C)C)c1. The number of aliphatic imine (C=N–C) groups is 1. The number of hydrogen-bond acceptors (Lipinski definition) is 5. The summed E-state index contributed by atoms with van der Waals surface area (Å²) in [6, 6.07) is 6.62. The van der Waals surface area contributed by atoms with Gasteiger partial charge in [0.1, 0.15) is 12.1 Å². The zero-order valence-corrected chi connectivity index (χ0v) is 23.2. The van der Waals surface area contributed by atoms with Crippen molar-refractivity contribution in [2.75, 3.05) is 19.0 Å². The lowest BCUT2D eigenvalue weighted by Crippen LogP contribution is -2.22. The molecule has 0 bridgehead atoms. The van der Waals surface area contributed by atoms with Gasteiger partial charge in [-0.15, -0.1) is 0 Å². The van der Waals surface area contributed by atoms with Crippen LogP contribution in [0.4, 0.5) is 5.82 Å². The topological polar surface area (TPSA) is 76.5 Å². The maximum absolute atomic E-state index is 11.9. The molecule has 0 radical (unpaired) electrons. The average molecular weight is 503 g/mol. The van der Waals surface area contributed by atoms with Crippen molar-refractivity contribution in [2.24, 2.45) is 10.9 Å². The van der Waals surface area contributed by atoms with E-state index in [4.69, 9.17) is 9.73 Å². The number of unbranched alkanes of at least 4 members (excludes halogenated alkanes) is 1. The number of methoxy groups -OCH3 is 1. The Labute approximate surface area is 222 Å². The normalized spacial score (nSPS) is 20.0. The molecule has 0 spiro atoms. The van der Waals surface area contributed by atoms with Gasteiger partial charge in [-0.05, 0) is 86.0 Å². The molecule has 1 aliphatic carbocycles. The van der Waals surface area contributed by atoms with E-state index in [2.05, 4.69) is 67.8 Å². The Hall–Kier alpha value is -2.86. The van der Waals surface area contributed by atoms with E-state index in [9.17, 15) is 4.79 Å². The second kappa shape index (κ2) is 11.7. The van der Waals surface area contributed by atoms with Crippen molar-refractivity contribution < 1.29 is 9.53 Å². The molecular formula is C31H42N4O2. The van der Waals surface area contributed by atoms with Gasteiger partial charge >= 0.3 is 0 Å². The van der Waals surface area contributed by atoms with Crippen LogP contribution in [0.2, 0.25) is 0 Å². The minimum Gasteiger partial charge on any atom is -0.385 e. The number of ether oxygens (including phenoxy) is 1. The Balaban J connectivity index is 1.51. The molecule has 0 atom stereocenters. The molecule has 37 heavy (non-hydrogen) atoms. The van der Waals surface area contributed by atoms with Crippen molar-refractivity contribution in [3.05, 3.63) is 59.1 Å². The van der Waals surface area contributed by atoms with Crippen molar-refractivity contribution in [1.82, 2.24) is 9.97 Å². The minimum absolute atomic E-state index is 0.0140. The van der Waals surface area contributed by atoms with Crippen LogP contribution in [0.15, 0.2) is 36.1 Å². The van der Waals surface area contributed by atoms with Crippen molar-refractivity contribution >= 4 is 23.1 Å². The van der Waals surface area contributed by atoms with E-state index >= 15 is 0 Å². The van der Waals surface area contributed by atoms with E-state index in [0.29, 0.717) is 24.1 Å². The first-order valence-corrected chi connectivity index (χ1v) is 13.7. The molecule has 0 saturated heterocycles. The molecule has 2 aliphatic rings. The summed E-state index contributed by atoms with van der Waals surface area (Å²) < 4.78 is 5.28. The number of aryl methyl sites for hydroxylation is 1. The monoisotopic (exact) mass is 502 g/mol. The summed E-state index contributed by atoms with van der Waals surface area (Å²) in [5.41, 5.74) is 7.99. The maximum atomic E-state index is 11.9. The minimum atomic E-state index is 0.0140. The fourth-order valence-electron chi connectivity index (χ4n) is 5.85. The summed E-state index contributed by atoms with van der Waals surface area (Å²) in [4.78, 5) is 26.0. The molecule has 4 rings (SSSR count). The van der Waals surface area contributed by atoms with Gasteiger partial charge in [0, 0.05) is 30.9 Å². The highest BCUT2D eigenvalue weighted by Crippen LogP contribution is 2.40. The van der Waals surface area contributed by atoms with Crippen molar-refractivity contribution in [3.8, 4) is 0 Å². The van der Waals surface area contributed by atoms with E-state index in [1.54, 1.807) is 13.4 Å². The largest absolute Gasteiger partial charge is 0.385 e. The van der Waals surface area contributed by atoms with Gasteiger partial charge in [-0.1, -0.05) is 39.5 Å². The van der Waals surface area contributed by atoms with Crippen LogP contribution in [0, 0.1) is 12.8 Å². The molecular weight excluding hydrogens is 460 g/mol. The number of amides is 1. The lowest BCUT2D eigenvalue weighted by atomic mass is 9.76. The van der Waals surface area contributed by atoms with Crippen LogP contribution in [-0.2, 0) is 21.4 Å². The molecule has 1 amide bonds. The van der Waals surface area contributed by atoms with Crippen LogP contribution in [-0.4, -0.2) is 35.3 Å². The zero-order chi connectivity index (χ0) is 26.6. The quantitative estimate of drug-likeness (QED) is 0.303. The van der Waals surface area contributed by atoms with E-state index in [0.717, 1.165) is 74.1 Å². The fraction of sp³-hybridized carbons (Fsp3) is 0.548. The van der Waals surface area contributed by atoms with Crippen molar-refractivity contribution in [1.29, 1.82) is 0 Å². The number of rotatable bonds is 9. The number of nitrogens with one attached hydrogen (secondary N) is 1. The third-order valence-electron chi connectivity index (χ3n) is 7.85. The van der Waals surface area contributed by atoms with Crippen LogP contribution < -0.4 is 5.32 Å². The summed E-state index contributed by atoms with van der Waals surface area (Å²) in [5.74, 6) is 1.52. The summed E-state index contributed by atoms with van der Waals surface area (Å²) in [7, 11) is 1.76. The number of anilines is 1. The molecule has 0 unspecified atom stereocenters. The van der Waals surface area contributed by atoms with Crippen LogP contribution in [0.1, 0.15) is 99.6 Å². The summed E-state index contributed by atoms with van der Waals surface area (Å²) in [6.45, 7) is 14.1. The standard InChI is InChI=1S/C31H42N4O2/c1-20-10-11-24(17-26(20)31(3,4)5)21(2)34-27(9-7-8-16-37-6)22-12-14-23(15-13-22)29-25-18-28(36)35-30(25)33-19-32-29/h10-11,17,19,22-23H,2,7-9,12-16,18H2,1,3-6H3,(H,32,33,35,36)/b34-27+. The first-order chi connectivity index (χ1) is 17.7. The number of benzene rings is 1. The number of fused-ring (bicyclic) bond motifs is 1. The van der Waals surface area contributed by atoms with Gasteiger partial charge in [0.25, 0.3) is 0 Å². The highest BCUT2D eigenvalue weighted by Gasteiger charge is 2.31. The zero-order valence-electron chi connectivity index (χ0n) is 23.2. The van der Waals surface area contributed by atoms with Crippen LogP contribution >= 0.6 is 0 Å². The molecule has 1 N–H and O–H groups in total. The van der Waals surface area contributed by atoms with Gasteiger partial charge in [0.15, 0.2) is 0 Å². The van der Waals surface area contributed by atoms with Gasteiger partial charge in [0.05, 0.1) is 17.8 Å². The lowest BCUT2D eigenvalue weighted by Gasteiger charge is -2.30. The predicted molar refractivity (Wildman–Crippen MR) is 151 cm³/mol. The third-order valence-corrected chi connectivity index (χ3v) is 7.85. The molecule has 1 saturated carbocycles. The Kier molecular flexibility index (Phi) is 8.58. The molecule has 1 aromatic heterocycles. The molecule has 6 nitrogen and oxygen atoms in total. The molecule has 1 aromatic carbocycles. The summed E-state index contributed by atoms with van der Waals surface area (Å²) in [6.07, 6.45) is 9.28. The highest BCUT2D eigenvalue weighted by molar-refractivity contribution is 5.98. The molecule has 6 heteroatoms. The Morgan fingerprint density at radius 2 is 1.92 bits per heavy atom. The van der Waals surface area contributed by atoms with E-state index in [1.165, 1.54) is 16.8 Å². The fourth-order valence-corrected chi connectivity index (χ4v) is 5.85. The van der Waals surface area contributed by atoms with Crippen molar-refractivity contribution in [3.63, 3.8) is 0 Å². The molecule has 1 fully saturated rings. The first kappa shape index (κ1) is 27.2. The Morgan fingerprint density at radius 3 is 2.62 bits per heavy atom. The second-order valence-corrected chi connectivity index (χ2v) is 11.6. The van der Waals surface area contributed by atoms with Gasteiger partial charge in [0.2, 0.25) is 5.91 Å². The molecule has 1 aliphatic heterocycles. The van der Waals surface area contributed by atoms with Crippen LogP contribution in [0.25, 0.3) is 5.70 Å². The lowest BCUT2D eigenvalue weighted by molar-refractivity contribution is -0.115. The molecule has 198 valence electrons. The second-order valence-electron chi connectivity index (χ2n) is 11.6. The smallest absolute Gasteiger partial charge is 0.230 e. The first-order valence-electron chi connectivity index (χ1n) is 13.7. The van der Waals surface area contributed by atoms with Crippen LogP contribution in [0.5, 0.6) is 0 Å². The summed E-state index contributed by atoms with van der Waals surface area (Å²) in [5, 5.41) is 2.86. The summed E-state index contributed by atoms with van der Waals surface area (Å²) >= 11 is 0. The number of nitrogens with zero attached hydrogens (tertiary/aromatic N) is 3. The van der Waals surface area contributed by atoms with Crippen LogP contribution in [0.3, 0.4) is 0 Å².